The number of nitrogens with one attached hydrogen (secondary N) is 1. The summed E-state index contributed by atoms with van der Waals surface area (Å²) in [5, 5.41) is 11.5. The van der Waals surface area contributed by atoms with Crippen LogP contribution in [0.2, 0.25) is 0 Å². The molecule has 1 N–H and O–H groups in total. The van der Waals surface area contributed by atoms with Crippen LogP contribution in [-0.2, 0) is 0 Å². The number of rotatable bonds is 9. The maximum absolute atomic E-state index is 5.45. The maximum Gasteiger partial charge on any atom is 0.229 e. The van der Waals surface area contributed by atoms with Crippen LogP contribution in [0.15, 0.2) is 30.5 Å². The summed E-state index contributed by atoms with van der Waals surface area (Å²) in [4.78, 5) is 8.94. The van der Waals surface area contributed by atoms with Crippen LogP contribution in [0.5, 0.6) is 34.5 Å². The number of benzene rings is 2. The Bertz CT molecular complexity index is 1270. The molecular formula is C22H24N6O6. The first-order valence-corrected chi connectivity index (χ1v) is 10.0. The molecule has 0 amide bonds. The second-order valence-corrected chi connectivity index (χ2v) is 6.83. The quantitative estimate of drug-likeness (QED) is 0.390. The van der Waals surface area contributed by atoms with Gasteiger partial charge >= 0.3 is 0 Å². The van der Waals surface area contributed by atoms with Gasteiger partial charge in [0, 0.05) is 30.0 Å². The topological polar surface area (TPSA) is 124 Å². The van der Waals surface area contributed by atoms with E-state index in [1.807, 2.05) is 0 Å². The number of hydrogen-bond donors (Lipinski definition) is 1. The highest BCUT2D eigenvalue weighted by Gasteiger charge is 2.18. The molecule has 4 aromatic rings. The molecule has 0 saturated carbocycles. The van der Waals surface area contributed by atoms with E-state index in [9.17, 15) is 0 Å². The van der Waals surface area contributed by atoms with E-state index in [2.05, 4.69) is 25.6 Å². The van der Waals surface area contributed by atoms with E-state index in [-0.39, 0.29) is 0 Å². The normalized spacial score (nSPS) is 10.6. The molecule has 2 heterocycles. The minimum Gasteiger partial charge on any atom is -0.493 e. The standard InChI is InChI=1S/C22H24N6O6/c1-29-15-7-12(8-16(30-2)19(15)33-5)24-22-23-11-14-21(25-22)28(27-26-14)13-9-17(31-3)20(34-6)18(10-13)32-4/h7-11H,1-6H3,(H,23,24,25). The Labute approximate surface area is 195 Å². The average molecular weight is 468 g/mol. The van der Waals surface area contributed by atoms with Crippen molar-refractivity contribution in [1.82, 2.24) is 25.0 Å². The highest BCUT2D eigenvalue weighted by atomic mass is 16.5. The first-order valence-electron chi connectivity index (χ1n) is 10.0. The fraction of sp³-hybridized carbons (Fsp3) is 0.273. The lowest BCUT2D eigenvalue weighted by molar-refractivity contribution is 0.324. The van der Waals surface area contributed by atoms with Crippen LogP contribution < -0.4 is 33.7 Å². The first kappa shape index (κ1) is 22.7. The van der Waals surface area contributed by atoms with Crippen LogP contribution in [0.4, 0.5) is 11.6 Å². The van der Waals surface area contributed by atoms with Crippen molar-refractivity contribution in [3.63, 3.8) is 0 Å². The van der Waals surface area contributed by atoms with Gasteiger partial charge in [0.1, 0.15) is 0 Å². The Hall–Kier alpha value is -4.48. The summed E-state index contributed by atoms with van der Waals surface area (Å²) in [5.41, 5.74) is 2.23. The summed E-state index contributed by atoms with van der Waals surface area (Å²) in [7, 11) is 9.27. The van der Waals surface area contributed by atoms with Crippen molar-refractivity contribution in [3.05, 3.63) is 30.5 Å². The first-order chi connectivity index (χ1) is 16.6. The Balaban J connectivity index is 1.76. The molecule has 0 radical (unpaired) electrons. The Morgan fingerprint density at radius 1 is 0.706 bits per heavy atom. The van der Waals surface area contributed by atoms with Gasteiger partial charge in [0.25, 0.3) is 0 Å². The Kier molecular flexibility index (Phi) is 6.39. The number of fused-ring (bicyclic) bond motifs is 1. The van der Waals surface area contributed by atoms with E-state index in [0.29, 0.717) is 63.0 Å². The number of ether oxygens (including phenoxy) is 6. The largest absolute Gasteiger partial charge is 0.493 e. The third kappa shape index (κ3) is 4.00. The van der Waals surface area contributed by atoms with Gasteiger partial charge in [-0.3, -0.25) is 0 Å². The van der Waals surface area contributed by atoms with Gasteiger partial charge < -0.3 is 33.7 Å². The molecule has 0 bridgehead atoms. The molecule has 12 heteroatoms. The lowest BCUT2D eigenvalue weighted by Crippen LogP contribution is -2.04. The van der Waals surface area contributed by atoms with Gasteiger partial charge in [0.05, 0.1) is 54.5 Å². The SMILES string of the molecule is COc1cc(Nc2ncc3nnn(-c4cc(OC)c(OC)c(OC)c4)c3n2)cc(OC)c1OC. The lowest BCUT2D eigenvalue weighted by atomic mass is 10.2. The number of hydrogen-bond acceptors (Lipinski definition) is 11. The molecule has 4 rings (SSSR count). The predicted octanol–water partition coefficient (Wildman–Crippen LogP) is 3.01. The predicted molar refractivity (Wildman–Crippen MR) is 123 cm³/mol. The van der Waals surface area contributed by atoms with Crippen molar-refractivity contribution in [2.45, 2.75) is 0 Å². The lowest BCUT2D eigenvalue weighted by Gasteiger charge is -2.15. The molecule has 2 aromatic carbocycles. The number of anilines is 2. The highest BCUT2D eigenvalue weighted by Crippen LogP contribution is 2.41. The summed E-state index contributed by atoms with van der Waals surface area (Å²) in [6.07, 6.45) is 1.57. The average Bonchev–Trinajstić information content (AvgIpc) is 3.30. The number of methoxy groups -OCH3 is 6. The van der Waals surface area contributed by atoms with E-state index in [4.69, 9.17) is 28.4 Å². The van der Waals surface area contributed by atoms with Gasteiger partial charge in [-0.25, -0.2) is 4.98 Å². The minimum atomic E-state index is 0.317. The molecule has 0 spiro atoms. The molecule has 2 aromatic heterocycles. The zero-order chi connectivity index (χ0) is 24.2. The van der Waals surface area contributed by atoms with Crippen LogP contribution in [0, 0.1) is 0 Å². The monoisotopic (exact) mass is 468 g/mol. The van der Waals surface area contributed by atoms with Gasteiger partial charge in [-0.15, -0.1) is 5.10 Å². The molecule has 0 aliphatic rings. The molecular weight excluding hydrogens is 444 g/mol. The molecule has 178 valence electrons. The zero-order valence-electron chi connectivity index (χ0n) is 19.6. The molecule has 12 nitrogen and oxygen atoms in total. The van der Waals surface area contributed by atoms with E-state index < -0.39 is 0 Å². The van der Waals surface area contributed by atoms with E-state index >= 15 is 0 Å². The second-order valence-electron chi connectivity index (χ2n) is 6.83. The fourth-order valence-corrected chi connectivity index (χ4v) is 3.43. The fourth-order valence-electron chi connectivity index (χ4n) is 3.43. The van der Waals surface area contributed by atoms with Gasteiger partial charge in [-0.1, -0.05) is 5.21 Å². The van der Waals surface area contributed by atoms with Crippen molar-refractivity contribution >= 4 is 22.8 Å². The molecule has 0 fully saturated rings. The van der Waals surface area contributed by atoms with E-state index in [1.54, 1.807) is 77.8 Å². The number of nitrogens with zero attached hydrogens (tertiary/aromatic N) is 5. The Morgan fingerprint density at radius 2 is 1.24 bits per heavy atom. The van der Waals surface area contributed by atoms with Gasteiger partial charge in [0.2, 0.25) is 17.4 Å². The van der Waals surface area contributed by atoms with Crippen LogP contribution in [0.1, 0.15) is 0 Å². The third-order valence-electron chi connectivity index (χ3n) is 5.01. The summed E-state index contributed by atoms with van der Waals surface area (Å²) in [5.74, 6) is 3.21. The molecule has 0 saturated heterocycles. The van der Waals surface area contributed by atoms with Crippen molar-refractivity contribution in [2.24, 2.45) is 0 Å². The number of aromatic nitrogens is 5. The van der Waals surface area contributed by atoms with E-state index in [0.717, 1.165) is 0 Å². The van der Waals surface area contributed by atoms with Crippen molar-refractivity contribution in [1.29, 1.82) is 0 Å². The molecule has 0 atom stereocenters. The summed E-state index contributed by atoms with van der Waals surface area (Å²) in [6, 6.07) is 7.01. The minimum absolute atomic E-state index is 0.317. The summed E-state index contributed by atoms with van der Waals surface area (Å²) >= 11 is 0. The van der Waals surface area contributed by atoms with E-state index in [1.165, 1.54) is 0 Å². The van der Waals surface area contributed by atoms with Gasteiger partial charge in [0.15, 0.2) is 34.2 Å². The molecule has 0 aliphatic heterocycles. The molecule has 0 aliphatic carbocycles. The van der Waals surface area contributed by atoms with Gasteiger partial charge in [-0.05, 0) is 0 Å². The zero-order valence-corrected chi connectivity index (χ0v) is 19.6. The van der Waals surface area contributed by atoms with Crippen LogP contribution in [-0.4, -0.2) is 67.6 Å². The van der Waals surface area contributed by atoms with Crippen LogP contribution in [0.25, 0.3) is 16.9 Å². The summed E-state index contributed by atoms with van der Waals surface area (Å²) < 4.78 is 34.0. The van der Waals surface area contributed by atoms with Crippen LogP contribution >= 0.6 is 0 Å². The van der Waals surface area contributed by atoms with Crippen molar-refractivity contribution < 1.29 is 28.4 Å². The molecule has 34 heavy (non-hydrogen) atoms. The Morgan fingerprint density at radius 3 is 1.74 bits per heavy atom. The highest BCUT2D eigenvalue weighted by molar-refractivity contribution is 5.74. The van der Waals surface area contributed by atoms with Crippen molar-refractivity contribution in [2.75, 3.05) is 48.0 Å². The van der Waals surface area contributed by atoms with Crippen LogP contribution in [0.3, 0.4) is 0 Å². The molecule has 0 unspecified atom stereocenters. The smallest absolute Gasteiger partial charge is 0.229 e. The summed E-state index contributed by atoms with van der Waals surface area (Å²) in [6.45, 7) is 0. The maximum atomic E-state index is 5.45. The second kappa shape index (κ2) is 9.57. The third-order valence-corrected chi connectivity index (χ3v) is 5.01. The van der Waals surface area contributed by atoms with Crippen molar-refractivity contribution in [3.8, 4) is 40.2 Å². The van der Waals surface area contributed by atoms with Gasteiger partial charge in [-0.2, -0.15) is 9.67 Å².